The van der Waals surface area contributed by atoms with E-state index in [0.29, 0.717) is 18.3 Å². The predicted molar refractivity (Wildman–Crippen MR) is 98.2 cm³/mol. The van der Waals surface area contributed by atoms with Crippen molar-refractivity contribution in [3.8, 4) is 0 Å². The average Bonchev–Trinajstić information content (AvgIpc) is 2.85. The van der Waals surface area contributed by atoms with Gasteiger partial charge in [0.1, 0.15) is 0 Å². The smallest absolute Gasteiger partial charge is 0.227 e. The lowest BCUT2D eigenvalue weighted by Gasteiger charge is -2.27. The fourth-order valence-electron chi connectivity index (χ4n) is 3.17. The number of anilines is 1. The maximum atomic E-state index is 12.6. The fourth-order valence-corrected chi connectivity index (χ4v) is 3.86. The van der Waals surface area contributed by atoms with E-state index >= 15 is 0 Å². The van der Waals surface area contributed by atoms with Crippen LogP contribution in [-0.4, -0.2) is 23.3 Å². The Morgan fingerprint density at radius 1 is 1.22 bits per heavy atom. The van der Waals surface area contributed by atoms with Crippen LogP contribution in [0.2, 0.25) is 0 Å². The number of thioether (sulfide) groups is 1. The quantitative estimate of drug-likeness (QED) is 0.792. The molecule has 23 heavy (non-hydrogen) atoms. The van der Waals surface area contributed by atoms with Gasteiger partial charge in [0.25, 0.3) is 0 Å². The Bertz CT molecular complexity index is 569. The molecule has 0 radical (unpaired) electrons. The van der Waals surface area contributed by atoms with Crippen LogP contribution in [0, 0.1) is 5.92 Å². The minimum atomic E-state index is 0.126. The monoisotopic (exact) mass is 333 g/mol. The third kappa shape index (κ3) is 4.17. The zero-order valence-electron chi connectivity index (χ0n) is 14.8. The number of carbonyl (C=O) groups excluding carboxylic acids is 2. The Labute approximate surface area is 143 Å². The maximum Gasteiger partial charge on any atom is 0.227 e. The van der Waals surface area contributed by atoms with E-state index in [1.165, 1.54) is 22.9 Å². The molecular formula is C19H27NO2S. The summed E-state index contributed by atoms with van der Waals surface area (Å²) in [6, 6.07) is 6.37. The molecule has 0 N–H and O–H groups in total. The van der Waals surface area contributed by atoms with Gasteiger partial charge in [-0.25, -0.2) is 0 Å². The molecule has 1 unspecified atom stereocenters. The first kappa shape index (κ1) is 18.1. The third-order valence-electron chi connectivity index (χ3n) is 4.34. The number of amides is 1. The van der Waals surface area contributed by atoms with E-state index in [0.717, 1.165) is 18.0 Å². The van der Waals surface area contributed by atoms with Gasteiger partial charge in [-0.05, 0) is 28.9 Å². The highest BCUT2D eigenvalue weighted by molar-refractivity contribution is 8.13. The van der Waals surface area contributed by atoms with Gasteiger partial charge in [0, 0.05) is 25.6 Å². The molecule has 1 aliphatic rings. The van der Waals surface area contributed by atoms with E-state index in [9.17, 15) is 9.59 Å². The minimum Gasteiger partial charge on any atom is -0.312 e. The van der Waals surface area contributed by atoms with Gasteiger partial charge in [-0.15, -0.1) is 0 Å². The van der Waals surface area contributed by atoms with Crippen molar-refractivity contribution in [3.05, 3.63) is 29.3 Å². The second kappa shape index (κ2) is 7.52. The van der Waals surface area contributed by atoms with Crippen LogP contribution in [-0.2, 0) is 9.59 Å². The van der Waals surface area contributed by atoms with Crippen LogP contribution in [0.1, 0.15) is 64.0 Å². The number of hydrogen-bond donors (Lipinski definition) is 0. The second-order valence-corrected chi connectivity index (χ2v) is 8.17. The van der Waals surface area contributed by atoms with Gasteiger partial charge in [-0.3, -0.25) is 9.59 Å². The van der Waals surface area contributed by atoms with Crippen LogP contribution < -0.4 is 4.90 Å². The molecule has 1 aromatic carbocycles. The van der Waals surface area contributed by atoms with Crippen molar-refractivity contribution < 1.29 is 9.59 Å². The van der Waals surface area contributed by atoms with Crippen molar-refractivity contribution >= 4 is 28.5 Å². The van der Waals surface area contributed by atoms with Crippen LogP contribution in [0.15, 0.2) is 18.2 Å². The molecule has 1 heterocycles. The Morgan fingerprint density at radius 3 is 2.26 bits per heavy atom. The van der Waals surface area contributed by atoms with Crippen molar-refractivity contribution in [1.82, 2.24) is 0 Å². The van der Waals surface area contributed by atoms with E-state index in [-0.39, 0.29) is 16.9 Å². The lowest BCUT2D eigenvalue weighted by molar-refractivity contribution is -0.117. The van der Waals surface area contributed by atoms with Gasteiger partial charge in [-0.2, -0.15) is 0 Å². The highest BCUT2D eigenvalue weighted by atomic mass is 32.2. The average molecular weight is 333 g/mol. The minimum absolute atomic E-state index is 0.126. The second-order valence-electron chi connectivity index (χ2n) is 6.97. The molecular weight excluding hydrogens is 306 g/mol. The van der Waals surface area contributed by atoms with Crippen molar-refractivity contribution in [2.24, 2.45) is 5.92 Å². The Morgan fingerprint density at radius 2 is 1.78 bits per heavy atom. The number of para-hydroxylation sites is 1. The number of nitrogens with zero attached hydrogens (tertiary/aromatic N) is 1. The van der Waals surface area contributed by atoms with E-state index in [4.69, 9.17) is 0 Å². The van der Waals surface area contributed by atoms with Gasteiger partial charge in [0.15, 0.2) is 5.12 Å². The highest BCUT2D eigenvalue weighted by Gasteiger charge is 2.33. The molecule has 0 spiro atoms. The zero-order valence-corrected chi connectivity index (χ0v) is 15.6. The molecule has 4 heteroatoms. The van der Waals surface area contributed by atoms with Crippen LogP contribution in [0.4, 0.5) is 5.69 Å². The summed E-state index contributed by atoms with van der Waals surface area (Å²) in [6.45, 7) is 11.0. The van der Waals surface area contributed by atoms with Crippen LogP contribution in [0.25, 0.3) is 0 Å². The lowest BCUT2D eigenvalue weighted by atomic mass is 9.92. The first-order valence-electron chi connectivity index (χ1n) is 8.37. The predicted octanol–water partition coefficient (Wildman–Crippen LogP) is 4.57. The van der Waals surface area contributed by atoms with Crippen molar-refractivity contribution in [2.75, 3.05) is 17.2 Å². The maximum absolute atomic E-state index is 12.6. The fraction of sp³-hybridized carbons (Fsp3) is 0.579. The summed E-state index contributed by atoms with van der Waals surface area (Å²) in [5.41, 5.74) is 3.59. The van der Waals surface area contributed by atoms with E-state index in [1.807, 2.05) is 4.90 Å². The first-order valence-corrected chi connectivity index (χ1v) is 9.36. The van der Waals surface area contributed by atoms with Crippen LogP contribution >= 0.6 is 11.8 Å². The Hall–Kier alpha value is -1.29. The van der Waals surface area contributed by atoms with Gasteiger partial charge in [0.05, 0.1) is 5.69 Å². The Kier molecular flexibility index (Phi) is 5.90. The molecule has 1 atom stereocenters. The van der Waals surface area contributed by atoms with Gasteiger partial charge >= 0.3 is 0 Å². The molecule has 1 saturated heterocycles. The zero-order chi connectivity index (χ0) is 17.1. The van der Waals surface area contributed by atoms with Gasteiger partial charge < -0.3 is 4.90 Å². The SMILES string of the molecule is CC(=O)SCC1CC(=O)N(c2c(C(C)C)cccc2C(C)C)C1. The van der Waals surface area contributed by atoms with Crippen LogP contribution in [0.5, 0.6) is 0 Å². The topological polar surface area (TPSA) is 37.4 Å². The van der Waals surface area contributed by atoms with Crippen LogP contribution in [0.3, 0.4) is 0 Å². The molecule has 0 saturated carbocycles. The molecule has 1 fully saturated rings. The summed E-state index contributed by atoms with van der Waals surface area (Å²) < 4.78 is 0. The number of benzene rings is 1. The third-order valence-corrected chi connectivity index (χ3v) is 5.38. The summed E-state index contributed by atoms with van der Waals surface area (Å²) in [7, 11) is 0. The molecule has 126 valence electrons. The lowest BCUT2D eigenvalue weighted by Crippen LogP contribution is -2.27. The molecule has 2 rings (SSSR count). The molecule has 0 aromatic heterocycles. The normalized spacial score (nSPS) is 18.3. The summed E-state index contributed by atoms with van der Waals surface area (Å²) in [4.78, 5) is 25.8. The molecule has 1 aromatic rings. The first-order chi connectivity index (χ1) is 10.8. The molecule has 0 bridgehead atoms. The molecule has 0 aliphatic carbocycles. The van der Waals surface area contributed by atoms with Crippen molar-refractivity contribution in [1.29, 1.82) is 0 Å². The molecule has 1 aliphatic heterocycles. The van der Waals surface area contributed by atoms with Gasteiger partial charge in [-0.1, -0.05) is 57.7 Å². The largest absolute Gasteiger partial charge is 0.312 e. The van der Waals surface area contributed by atoms with Gasteiger partial charge in [0.2, 0.25) is 5.91 Å². The number of hydrogen-bond acceptors (Lipinski definition) is 3. The summed E-state index contributed by atoms with van der Waals surface area (Å²) in [6.07, 6.45) is 0.546. The van der Waals surface area contributed by atoms with E-state index < -0.39 is 0 Å². The molecule has 3 nitrogen and oxygen atoms in total. The molecule has 1 amide bonds. The van der Waals surface area contributed by atoms with E-state index in [1.54, 1.807) is 6.92 Å². The van der Waals surface area contributed by atoms with E-state index in [2.05, 4.69) is 45.9 Å². The summed E-state index contributed by atoms with van der Waals surface area (Å²) in [5.74, 6) is 1.94. The highest BCUT2D eigenvalue weighted by Crippen LogP contribution is 2.38. The number of carbonyl (C=O) groups is 2. The number of rotatable bonds is 5. The summed E-state index contributed by atoms with van der Waals surface area (Å²) >= 11 is 1.33. The van der Waals surface area contributed by atoms with Crippen molar-refractivity contribution in [2.45, 2.75) is 52.9 Å². The summed E-state index contributed by atoms with van der Waals surface area (Å²) in [5, 5.41) is 0.126. The Balaban J connectivity index is 2.33. The standard InChI is InChI=1S/C19H27NO2S/c1-12(2)16-7-6-8-17(13(3)4)19(16)20-10-15(9-18(20)22)11-23-14(5)21/h6-8,12-13,15H,9-11H2,1-5H3. The van der Waals surface area contributed by atoms with Crippen molar-refractivity contribution in [3.63, 3.8) is 0 Å².